The lowest BCUT2D eigenvalue weighted by molar-refractivity contribution is 0.0601. The van der Waals surface area contributed by atoms with E-state index in [1.165, 1.54) is 13.3 Å². The van der Waals surface area contributed by atoms with Gasteiger partial charge in [0.2, 0.25) is 0 Å². The number of hydrogen-bond donors (Lipinski definition) is 2. The number of ether oxygens (including phenoxy) is 1. The summed E-state index contributed by atoms with van der Waals surface area (Å²) in [7, 11) is 1.34. The minimum absolute atomic E-state index is 0.250. The number of esters is 1. The number of nitrogens with two attached hydrogens (primary N) is 1. The lowest BCUT2D eigenvalue weighted by atomic mass is 10.1. The fourth-order valence-corrected chi connectivity index (χ4v) is 1.60. The van der Waals surface area contributed by atoms with Crippen LogP contribution in [0.25, 0.3) is 0 Å². The predicted molar refractivity (Wildman–Crippen MR) is 68.0 cm³/mol. The molecule has 0 aliphatic heterocycles. The molecule has 5 heteroatoms. The molecule has 0 radical (unpaired) electrons. The second-order valence-electron chi connectivity index (χ2n) is 3.99. The van der Waals surface area contributed by atoms with Crippen LogP contribution in [0.5, 0.6) is 0 Å². The van der Waals surface area contributed by atoms with Gasteiger partial charge < -0.3 is 15.8 Å². The van der Waals surface area contributed by atoms with Crippen molar-refractivity contribution in [3.8, 4) is 0 Å². The molecule has 0 fully saturated rings. The van der Waals surface area contributed by atoms with Crippen molar-refractivity contribution in [2.45, 2.75) is 32.7 Å². The molecular weight excluding hydrogens is 218 g/mol. The van der Waals surface area contributed by atoms with Crippen molar-refractivity contribution >= 4 is 17.5 Å². The van der Waals surface area contributed by atoms with Crippen molar-refractivity contribution < 1.29 is 9.53 Å². The molecule has 0 saturated carbocycles. The summed E-state index contributed by atoms with van der Waals surface area (Å²) >= 11 is 0. The SMILES string of the molecule is CCCC(C)Nc1ncc(N)cc1C(=O)OC. The number of nitrogens with one attached hydrogen (secondary N) is 1. The summed E-state index contributed by atoms with van der Waals surface area (Å²) in [6.07, 6.45) is 3.59. The summed E-state index contributed by atoms with van der Waals surface area (Å²) in [6, 6.07) is 1.82. The van der Waals surface area contributed by atoms with Crippen LogP contribution in [0, 0.1) is 0 Å². The maximum Gasteiger partial charge on any atom is 0.341 e. The molecular formula is C12H19N3O2. The highest BCUT2D eigenvalue weighted by Gasteiger charge is 2.15. The molecule has 1 aromatic rings. The van der Waals surface area contributed by atoms with Gasteiger partial charge in [-0.2, -0.15) is 0 Å². The number of rotatable bonds is 5. The van der Waals surface area contributed by atoms with Gasteiger partial charge in [0.25, 0.3) is 0 Å². The van der Waals surface area contributed by atoms with Gasteiger partial charge in [0, 0.05) is 6.04 Å². The monoisotopic (exact) mass is 237 g/mol. The largest absolute Gasteiger partial charge is 0.465 e. The average molecular weight is 237 g/mol. The Labute approximate surface area is 101 Å². The van der Waals surface area contributed by atoms with E-state index in [9.17, 15) is 4.79 Å². The predicted octanol–water partition coefficient (Wildman–Crippen LogP) is 2.05. The van der Waals surface area contributed by atoms with Gasteiger partial charge in [0.15, 0.2) is 0 Å². The van der Waals surface area contributed by atoms with Crippen molar-refractivity contribution in [1.29, 1.82) is 0 Å². The summed E-state index contributed by atoms with van der Waals surface area (Å²) in [5, 5.41) is 3.19. The highest BCUT2D eigenvalue weighted by molar-refractivity contribution is 5.95. The van der Waals surface area contributed by atoms with Gasteiger partial charge in [0.05, 0.1) is 19.0 Å². The molecule has 0 spiro atoms. The number of nitrogen functional groups attached to an aromatic ring is 1. The van der Waals surface area contributed by atoms with Crippen molar-refractivity contribution in [3.63, 3.8) is 0 Å². The normalized spacial score (nSPS) is 11.9. The molecule has 0 saturated heterocycles. The maximum absolute atomic E-state index is 11.6. The number of nitrogens with zero attached hydrogens (tertiary/aromatic N) is 1. The van der Waals surface area contributed by atoms with Crippen LogP contribution in [0.15, 0.2) is 12.3 Å². The zero-order valence-electron chi connectivity index (χ0n) is 10.5. The first-order valence-electron chi connectivity index (χ1n) is 5.68. The first-order valence-corrected chi connectivity index (χ1v) is 5.68. The van der Waals surface area contributed by atoms with Crippen molar-refractivity contribution in [2.75, 3.05) is 18.2 Å². The number of pyridine rings is 1. The first kappa shape index (κ1) is 13.3. The number of carbonyl (C=O) groups excluding carboxylic acids is 1. The van der Waals surface area contributed by atoms with E-state index in [1.807, 2.05) is 6.92 Å². The maximum atomic E-state index is 11.6. The fraction of sp³-hybridized carbons (Fsp3) is 0.500. The van der Waals surface area contributed by atoms with Gasteiger partial charge in [-0.25, -0.2) is 9.78 Å². The van der Waals surface area contributed by atoms with Crippen molar-refractivity contribution in [1.82, 2.24) is 4.98 Å². The van der Waals surface area contributed by atoms with E-state index in [0.29, 0.717) is 17.1 Å². The second-order valence-corrected chi connectivity index (χ2v) is 3.99. The van der Waals surface area contributed by atoms with Crippen LogP contribution in [-0.4, -0.2) is 24.1 Å². The second kappa shape index (κ2) is 6.08. The number of methoxy groups -OCH3 is 1. The van der Waals surface area contributed by atoms with Crippen molar-refractivity contribution in [3.05, 3.63) is 17.8 Å². The highest BCUT2D eigenvalue weighted by atomic mass is 16.5. The Hall–Kier alpha value is -1.78. The standard InChI is InChI=1S/C12H19N3O2/c1-4-5-8(2)15-11-10(12(16)17-3)6-9(13)7-14-11/h6-8H,4-5,13H2,1-3H3,(H,14,15). The van der Waals surface area contributed by atoms with Gasteiger partial charge in [0.1, 0.15) is 11.4 Å². The van der Waals surface area contributed by atoms with Crippen LogP contribution < -0.4 is 11.1 Å². The fourth-order valence-electron chi connectivity index (χ4n) is 1.60. The third-order valence-corrected chi connectivity index (χ3v) is 2.42. The number of carbonyl (C=O) groups is 1. The topological polar surface area (TPSA) is 77.2 Å². The van der Waals surface area contributed by atoms with Crippen LogP contribution in [0.2, 0.25) is 0 Å². The quantitative estimate of drug-likeness (QED) is 0.766. The van der Waals surface area contributed by atoms with Crippen LogP contribution in [0.3, 0.4) is 0 Å². The summed E-state index contributed by atoms with van der Waals surface area (Å²) in [4.78, 5) is 15.7. The van der Waals surface area contributed by atoms with Crippen LogP contribution in [-0.2, 0) is 4.74 Å². The molecule has 0 aromatic carbocycles. The lowest BCUT2D eigenvalue weighted by Gasteiger charge is -2.15. The Morgan fingerprint density at radius 1 is 1.65 bits per heavy atom. The molecule has 0 aliphatic rings. The number of anilines is 2. The molecule has 0 aliphatic carbocycles. The van der Waals surface area contributed by atoms with Gasteiger partial charge in [-0.3, -0.25) is 0 Å². The lowest BCUT2D eigenvalue weighted by Crippen LogP contribution is -2.18. The number of aromatic nitrogens is 1. The zero-order valence-corrected chi connectivity index (χ0v) is 10.5. The zero-order chi connectivity index (χ0) is 12.8. The van der Waals surface area contributed by atoms with E-state index in [-0.39, 0.29) is 6.04 Å². The van der Waals surface area contributed by atoms with Gasteiger partial charge in [-0.15, -0.1) is 0 Å². The third-order valence-electron chi connectivity index (χ3n) is 2.42. The Morgan fingerprint density at radius 2 is 2.35 bits per heavy atom. The van der Waals surface area contributed by atoms with Crippen molar-refractivity contribution in [2.24, 2.45) is 0 Å². The minimum atomic E-state index is -0.434. The molecule has 0 bridgehead atoms. The summed E-state index contributed by atoms with van der Waals surface area (Å²) in [6.45, 7) is 4.15. The average Bonchev–Trinajstić information content (AvgIpc) is 2.30. The van der Waals surface area contributed by atoms with E-state index < -0.39 is 5.97 Å². The molecule has 0 amide bonds. The summed E-state index contributed by atoms with van der Waals surface area (Å²) in [5.41, 5.74) is 6.43. The highest BCUT2D eigenvalue weighted by Crippen LogP contribution is 2.18. The van der Waals surface area contributed by atoms with Crippen LogP contribution in [0.4, 0.5) is 11.5 Å². The molecule has 1 heterocycles. The van der Waals surface area contributed by atoms with E-state index in [2.05, 4.69) is 17.2 Å². The molecule has 94 valence electrons. The molecule has 1 rings (SSSR count). The first-order chi connectivity index (χ1) is 8.08. The summed E-state index contributed by atoms with van der Waals surface area (Å²) < 4.78 is 4.70. The summed E-state index contributed by atoms with van der Waals surface area (Å²) in [5.74, 6) is 0.0861. The van der Waals surface area contributed by atoms with E-state index in [4.69, 9.17) is 10.5 Å². The van der Waals surface area contributed by atoms with Gasteiger partial charge in [-0.05, 0) is 19.4 Å². The van der Waals surface area contributed by atoms with Crippen LogP contribution in [0.1, 0.15) is 37.0 Å². The molecule has 1 unspecified atom stereocenters. The Kier molecular flexibility index (Phi) is 4.75. The van der Waals surface area contributed by atoms with E-state index >= 15 is 0 Å². The van der Waals surface area contributed by atoms with Gasteiger partial charge >= 0.3 is 5.97 Å². The molecule has 1 atom stereocenters. The van der Waals surface area contributed by atoms with E-state index in [1.54, 1.807) is 6.07 Å². The molecule has 17 heavy (non-hydrogen) atoms. The Morgan fingerprint density at radius 3 is 2.94 bits per heavy atom. The molecule has 3 N–H and O–H groups in total. The Balaban J connectivity index is 2.94. The minimum Gasteiger partial charge on any atom is -0.465 e. The molecule has 5 nitrogen and oxygen atoms in total. The van der Waals surface area contributed by atoms with E-state index in [0.717, 1.165) is 12.8 Å². The Bertz CT molecular complexity index is 393. The number of hydrogen-bond acceptors (Lipinski definition) is 5. The molecule has 1 aromatic heterocycles. The third kappa shape index (κ3) is 3.62. The van der Waals surface area contributed by atoms with Gasteiger partial charge in [-0.1, -0.05) is 13.3 Å². The van der Waals surface area contributed by atoms with Crippen LogP contribution >= 0.6 is 0 Å². The smallest absolute Gasteiger partial charge is 0.341 e.